The first-order chi connectivity index (χ1) is 8.22. The molecule has 1 aliphatic heterocycles. The van der Waals surface area contributed by atoms with Gasteiger partial charge in [-0.3, -0.25) is 0 Å². The van der Waals surface area contributed by atoms with Gasteiger partial charge in [0.2, 0.25) is 0 Å². The van der Waals surface area contributed by atoms with Crippen LogP contribution in [0.25, 0.3) is 0 Å². The zero-order chi connectivity index (χ0) is 12.3. The van der Waals surface area contributed by atoms with Crippen LogP contribution in [-0.4, -0.2) is 20.3 Å². The van der Waals surface area contributed by atoms with E-state index in [9.17, 15) is 0 Å². The van der Waals surface area contributed by atoms with E-state index in [0.717, 1.165) is 41.8 Å². The van der Waals surface area contributed by atoms with Gasteiger partial charge >= 0.3 is 0 Å². The van der Waals surface area contributed by atoms with E-state index in [1.54, 1.807) is 7.11 Å². The first-order valence-corrected chi connectivity index (χ1v) is 6.68. The Morgan fingerprint density at radius 3 is 2.76 bits per heavy atom. The lowest BCUT2D eigenvalue weighted by Gasteiger charge is -2.28. The Morgan fingerprint density at radius 2 is 2.12 bits per heavy atom. The molecule has 1 heterocycles. The zero-order valence-corrected chi connectivity index (χ0v) is 11.6. The molecule has 1 aliphatic rings. The van der Waals surface area contributed by atoms with Crippen LogP contribution in [0.3, 0.4) is 0 Å². The predicted octanol–water partition coefficient (Wildman–Crippen LogP) is 2.88. The maximum absolute atomic E-state index is 6.36. The molecule has 1 aromatic carbocycles. The molecule has 0 unspecified atom stereocenters. The molecule has 1 saturated heterocycles. The topological polar surface area (TPSA) is 44.5 Å². The van der Waals surface area contributed by atoms with Crippen LogP contribution in [-0.2, 0) is 4.74 Å². The Labute approximate surface area is 110 Å². The fraction of sp³-hybridized carbons (Fsp3) is 0.538. The summed E-state index contributed by atoms with van der Waals surface area (Å²) >= 11 is 3.48. The SMILES string of the molecule is COc1ccc(Br)cc1[C@@H](N)C1CCOCC1. The molecule has 17 heavy (non-hydrogen) atoms. The standard InChI is InChI=1S/C13H18BrNO2/c1-16-12-3-2-10(14)8-11(12)13(15)9-4-6-17-7-5-9/h2-3,8-9,13H,4-7,15H2,1H3/t13-/m0/s1. The first-order valence-electron chi connectivity index (χ1n) is 5.89. The van der Waals surface area contributed by atoms with Crippen molar-refractivity contribution in [1.82, 2.24) is 0 Å². The molecule has 0 radical (unpaired) electrons. The van der Waals surface area contributed by atoms with Crippen LogP contribution in [0, 0.1) is 5.92 Å². The van der Waals surface area contributed by atoms with Gasteiger partial charge in [-0.1, -0.05) is 15.9 Å². The number of hydrogen-bond donors (Lipinski definition) is 1. The highest BCUT2D eigenvalue weighted by molar-refractivity contribution is 9.10. The minimum Gasteiger partial charge on any atom is -0.496 e. The van der Waals surface area contributed by atoms with Crippen molar-refractivity contribution >= 4 is 15.9 Å². The third-order valence-electron chi connectivity index (χ3n) is 3.32. The van der Waals surface area contributed by atoms with Gasteiger partial charge in [0, 0.05) is 29.3 Å². The maximum atomic E-state index is 6.36. The summed E-state index contributed by atoms with van der Waals surface area (Å²) in [7, 11) is 1.68. The van der Waals surface area contributed by atoms with Crippen LogP contribution in [0.15, 0.2) is 22.7 Å². The maximum Gasteiger partial charge on any atom is 0.123 e. The van der Waals surface area contributed by atoms with Crippen molar-refractivity contribution in [2.24, 2.45) is 11.7 Å². The second-order valence-corrected chi connectivity index (χ2v) is 5.28. The molecule has 1 fully saturated rings. The Morgan fingerprint density at radius 1 is 1.41 bits per heavy atom. The van der Waals surface area contributed by atoms with Gasteiger partial charge in [0.05, 0.1) is 7.11 Å². The Kier molecular flexibility index (Phi) is 4.42. The molecular formula is C13H18BrNO2. The first kappa shape index (κ1) is 12.9. The van der Waals surface area contributed by atoms with Gasteiger partial charge in [0.15, 0.2) is 0 Å². The molecule has 0 saturated carbocycles. The minimum absolute atomic E-state index is 0.0198. The molecule has 4 heteroatoms. The average Bonchev–Trinajstić information content (AvgIpc) is 2.39. The molecule has 0 amide bonds. The average molecular weight is 300 g/mol. The molecule has 0 aliphatic carbocycles. The molecular weight excluding hydrogens is 282 g/mol. The molecule has 2 rings (SSSR count). The molecule has 2 N–H and O–H groups in total. The van der Waals surface area contributed by atoms with Crippen LogP contribution in [0.2, 0.25) is 0 Å². The lowest BCUT2D eigenvalue weighted by atomic mass is 9.87. The third-order valence-corrected chi connectivity index (χ3v) is 3.82. The van der Waals surface area contributed by atoms with Crippen LogP contribution in [0.1, 0.15) is 24.4 Å². The number of ether oxygens (including phenoxy) is 2. The lowest BCUT2D eigenvalue weighted by Crippen LogP contribution is -2.27. The van der Waals surface area contributed by atoms with E-state index < -0.39 is 0 Å². The fourth-order valence-corrected chi connectivity index (χ4v) is 2.67. The summed E-state index contributed by atoms with van der Waals surface area (Å²) in [5, 5.41) is 0. The summed E-state index contributed by atoms with van der Waals surface area (Å²) in [6, 6.07) is 6.00. The number of hydrogen-bond acceptors (Lipinski definition) is 3. The van der Waals surface area contributed by atoms with Gasteiger partial charge in [0.25, 0.3) is 0 Å². The summed E-state index contributed by atoms with van der Waals surface area (Å²) in [4.78, 5) is 0. The highest BCUT2D eigenvalue weighted by Gasteiger charge is 2.24. The van der Waals surface area contributed by atoms with E-state index in [0.29, 0.717) is 5.92 Å². The van der Waals surface area contributed by atoms with Crippen LogP contribution < -0.4 is 10.5 Å². The number of halogens is 1. The quantitative estimate of drug-likeness (QED) is 0.933. The summed E-state index contributed by atoms with van der Waals surface area (Å²) in [5.41, 5.74) is 7.44. The summed E-state index contributed by atoms with van der Waals surface area (Å²) in [5.74, 6) is 1.35. The van der Waals surface area contributed by atoms with Crippen LogP contribution >= 0.6 is 15.9 Å². The number of benzene rings is 1. The van der Waals surface area contributed by atoms with Crippen molar-refractivity contribution in [3.63, 3.8) is 0 Å². The van der Waals surface area contributed by atoms with Gasteiger partial charge in [-0.2, -0.15) is 0 Å². The molecule has 1 atom stereocenters. The van der Waals surface area contributed by atoms with Crippen molar-refractivity contribution in [2.45, 2.75) is 18.9 Å². The monoisotopic (exact) mass is 299 g/mol. The van der Waals surface area contributed by atoms with E-state index in [-0.39, 0.29) is 6.04 Å². The zero-order valence-electron chi connectivity index (χ0n) is 9.99. The van der Waals surface area contributed by atoms with Crippen LogP contribution in [0.4, 0.5) is 0 Å². The van der Waals surface area contributed by atoms with Gasteiger partial charge in [0.1, 0.15) is 5.75 Å². The Balaban J connectivity index is 2.21. The number of nitrogens with two attached hydrogens (primary N) is 1. The van der Waals surface area contributed by atoms with E-state index in [2.05, 4.69) is 22.0 Å². The van der Waals surface area contributed by atoms with Crippen molar-refractivity contribution in [3.05, 3.63) is 28.2 Å². The summed E-state index contributed by atoms with van der Waals surface area (Å²) in [6.07, 6.45) is 2.05. The van der Waals surface area contributed by atoms with Crippen molar-refractivity contribution in [1.29, 1.82) is 0 Å². The predicted molar refractivity (Wildman–Crippen MR) is 71.2 cm³/mol. The van der Waals surface area contributed by atoms with Crippen molar-refractivity contribution < 1.29 is 9.47 Å². The molecule has 3 nitrogen and oxygen atoms in total. The van der Waals surface area contributed by atoms with Crippen molar-refractivity contribution in [2.75, 3.05) is 20.3 Å². The third kappa shape index (κ3) is 3.00. The fourth-order valence-electron chi connectivity index (χ4n) is 2.29. The second-order valence-electron chi connectivity index (χ2n) is 4.36. The highest BCUT2D eigenvalue weighted by atomic mass is 79.9. The van der Waals surface area contributed by atoms with Gasteiger partial charge < -0.3 is 15.2 Å². The number of methoxy groups -OCH3 is 1. The van der Waals surface area contributed by atoms with Gasteiger partial charge in [-0.05, 0) is 37.0 Å². The highest BCUT2D eigenvalue weighted by Crippen LogP contribution is 2.34. The molecule has 94 valence electrons. The van der Waals surface area contributed by atoms with E-state index >= 15 is 0 Å². The molecule has 0 aromatic heterocycles. The van der Waals surface area contributed by atoms with Crippen LogP contribution in [0.5, 0.6) is 5.75 Å². The Bertz CT molecular complexity index is 378. The lowest BCUT2D eigenvalue weighted by molar-refractivity contribution is 0.0581. The number of rotatable bonds is 3. The van der Waals surface area contributed by atoms with E-state index in [4.69, 9.17) is 15.2 Å². The van der Waals surface area contributed by atoms with Crippen molar-refractivity contribution in [3.8, 4) is 5.75 Å². The minimum atomic E-state index is 0.0198. The second kappa shape index (κ2) is 5.85. The smallest absolute Gasteiger partial charge is 0.123 e. The molecule has 0 bridgehead atoms. The van der Waals surface area contributed by atoms with E-state index in [1.165, 1.54) is 0 Å². The summed E-state index contributed by atoms with van der Waals surface area (Å²) < 4.78 is 11.8. The van der Waals surface area contributed by atoms with E-state index in [1.807, 2.05) is 12.1 Å². The Hall–Kier alpha value is -0.580. The molecule has 0 spiro atoms. The van der Waals surface area contributed by atoms with Gasteiger partial charge in [-0.15, -0.1) is 0 Å². The largest absolute Gasteiger partial charge is 0.496 e. The molecule has 1 aromatic rings. The summed E-state index contributed by atoms with van der Waals surface area (Å²) in [6.45, 7) is 1.63. The normalized spacial score (nSPS) is 19.0. The van der Waals surface area contributed by atoms with Gasteiger partial charge in [-0.25, -0.2) is 0 Å².